The summed E-state index contributed by atoms with van der Waals surface area (Å²) in [6.07, 6.45) is 3.30. The molecule has 2 aromatic heterocycles. The van der Waals surface area contributed by atoms with Crippen LogP contribution >= 0.6 is 0 Å². The van der Waals surface area contributed by atoms with Crippen LogP contribution in [0, 0.1) is 27.7 Å². The van der Waals surface area contributed by atoms with Gasteiger partial charge in [-0.25, -0.2) is 9.67 Å². The highest BCUT2D eigenvalue weighted by molar-refractivity contribution is 5.94. The number of nitrogens with zero attached hydrogens (tertiary/aromatic N) is 5. The van der Waals surface area contributed by atoms with Crippen molar-refractivity contribution in [3.63, 3.8) is 0 Å². The second kappa shape index (κ2) is 7.57. The number of carbonyl (C=O) groups excluding carboxylic acids is 1. The van der Waals surface area contributed by atoms with Gasteiger partial charge in [-0.1, -0.05) is 12.1 Å². The van der Waals surface area contributed by atoms with Gasteiger partial charge in [-0.05, 0) is 51.0 Å². The minimum atomic E-state index is -0.107. The molecule has 0 radical (unpaired) electrons. The van der Waals surface area contributed by atoms with E-state index in [-0.39, 0.29) is 12.5 Å². The molecule has 0 saturated carbocycles. The molecule has 1 amide bonds. The molecule has 2 heterocycles. The van der Waals surface area contributed by atoms with Crippen molar-refractivity contribution < 1.29 is 4.79 Å². The van der Waals surface area contributed by atoms with Crippen LogP contribution in [-0.4, -0.2) is 39.2 Å². The lowest BCUT2D eigenvalue weighted by atomic mass is 10.1. The molecule has 140 valence electrons. The largest absolute Gasteiger partial charge is 0.349 e. The van der Waals surface area contributed by atoms with Crippen LogP contribution in [0.1, 0.15) is 22.5 Å². The van der Waals surface area contributed by atoms with Gasteiger partial charge in [-0.3, -0.25) is 9.78 Å². The highest BCUT2D eigenvalue weighted by Crippen LogP contribution is 2.18. The van der Waals surface area contributed by atoms with Gasteiger partial charge in [0.05, 0.1) is 24.6 Å². The maximum absolute atomic E-state index is 12.5. The molecule has 0 aliphatic rings. The Kier molecular flexibility index (Phi) is 5.21. The Balaban J connectivity index is 1.73. The Morgan fingerprint density at radius 2 is 1.96 bits per heavy atom. The van der Waals surface area contributed by atoms with Crippen molar-refractivity contribution in [2.45, 2.75) is 27.7 Å². The van der Waals surface area contributed by atoms with Gasteiger partial charge in [0.1, 0.15) is 5.82 Å². The number of rotatable bonds is 5. The molecule has 1 N–H and O–H groups in total. The smallest absolute Gasteiger partial charge is 0.243 e. The van der Waals surface area contributed by atoms with Gasteiger partial charge < -0.3 is 10.2 Å². The van der Waals surface area contributed by atoms with E-state index in [0.29, 0.717) is 11.6 Å². The van der Waals surface area contributed by atoms with Crippen molar-refractivity contribution >= 4 is 17.4 Å². The Bertz CT molecular complexity index is 978. The summed E-state index contributed by atoms with van der Waals surface area (Å²) in [6, 6.07) is 7.85. The first-order valence-electron chi connectivity index (χ1n) is 8.78. The van der Waals surface area contributed by atoms with Crippen molar-refractivity contribution in [3.8, 4) is 5.82 Å². The van der Waals surface area contributed by atoms with Crippen molar-refractivity contribution in [1.82, 2.24) is 19.7 Å². The van der Waals surface area contributed by atoms with Crippen LogP contribution in [-0.2, 0) is 4.79 Å². The number of carbonyl (C=O) groups is 1. The fourth-order valence-electron chi connectivity index (χ4n) is 2.87. The summed E-state index contributed by atoms with van der Waals surface area (Å²) in [4.78, 5) is 23.1. The Morgan fingerprint density at radius 3 is 2.67 bits per heavy atom. The molecule has 7 nitrogen and oxygen atoms in total. The molecule has 0 saturated heterocycles. The van der Waals surface area contributed by atoms with Crippen LogP contribution in [0.15, 0.2) is 36.7 Å². The molecule has 1 aromatic carbocycles. The number of nitrogens with one attached hydrogen (secondary N) is 1. The SMILES string of the molecule is Cc1cc(C)n(-c2cncc(N(C)CC(=O)Nc3cccc(C)c3C)n2)n1. The third-order valence-corrected chi connectivity index (χ3v) is 4.49. The topological polar surface area (TPSA) is 75.9 Å². The summed E-state index contributed by atoms with van der Waals surface area (Å²) < 4.78 is 1.75. The molecule has 3 rings (SSSR count). The van der Waals surface area contributed by atoms with Gasteiger partial charge in [0, 0.05) is 18.4 Å². The standard InChI is InChI=1S/C20H24N6O/c1-13-7-6-8-17(16(13)4)22-20(27)12-25(5)18-10-21-11-19(23-18)26-15(3)9-14(2)24-26/h6-11H,12H2,1-5H3,(H,22,27). The van der Waals surface area contributed by atoms with E-state index in [0.717, 1.165) is 28.2 Å². The van der Waals surface area contributed by atoms with Crippen LogP contribution in [0.25, 0.3) is 5.82 Å². The predicted octanol–water partition coefficient (Wildman–Crippen LogP) is 2.97. The predicted molar refractivity (Wildman–Crippen MR) is 106 cm³/mol. The number of anilines is 2. The second-order valence-electron chi connectivity index (χ2n) is 6.73. The fraction of sp³-hybridized carbons (Fsp3) is 0.300. The normalized spacial score (nSPS) is 10.7. The molecule has 27 heavy (non-hydrogen) atoms. The van der Waals surface area contributed by atoms with Crippen molar-refractivity contribution in [2.24, 2.45) is 0 Å². The van der Waals surface area contributed by atoms with Gasteiger partial charge in [0.25, 0.3) is 0 Å². The van der Waals surface area contributed by atoms with E-state index in [1.807, 2.05) is 59.0 Å². The minimum absolute atomic E-state index is 0.107. The maximum Gasteiger partial charge on any atom is 0.243 e. The van der Waals surface area contributed by atoms with E-state index in [1.54, 1.807) is 22.0 Å². The number of likely N-dealkylation sites (N-methyl/N-ethyl adjacent to an activating group) is 1. The number of hydrogen-bond acceptors (Lipinski definition) is 5. The summed E-state index contributed by atoms with van der Waals surface area (Å²) in [7, 11) is 1.82. The summed E-state index contributed by atoms with van der Waals surface area (Å²) in [5.74, 6) is 1.13. The highest BCUT2D eigenvalue weighted by atomic mass is 16.2. The molecule has 0 atom stereocenters. The molecular weight excluding hydrogens is 340 g/mol. The summed E-state index contributed by atoms with van der Waals surface area (Å²) in [6.45, 7) is 8.10. The van der Waals surface area contributed by atoms with Gasteiger partial charge in [-0.2, -0.15) is 5.10 Å². The van der Waals surface area contributed by atoms with E-state index in [4.69, 9.17) is 0 Å². The quantitative estimate of drug-likeness (QED) is 0.753. The number of amides is 1. The molecule has 3 aromatic rings. The third-order valence-electron chi connectivity index (χ3n) is 4.49. The number of benzene rings is 1. The summed E-state index contributed by atoms with van der Waals surface area (Å²) >= 11 is 0. The number of aromatic nitrogens is 4. The van der Waals surface area contributed by atoms with Gasteiger partial charge in [0.15, 0.2) is 5.82 Å². The average molecular weight is 364 g/mol. The Labute approximate surface area is 159 Å². The van der Waals surface area contributed by atoms with E-state index < -0.39 is 0 Å². The number of hydrogen-bond donors (Lipinski definition) is 1. The Morgan fingerprint density at radius 1 is 1.19 bits per heavy atom. The van der Waals surface area contributed by atoms with Crippen LogP contribution in [0.2, 0.25) is 0 Å². The van der Waals surface area contributed by atoms with E-state index >= 15 is 0 Å². The Hall–Kier alpha value is -3.22. The molecule has 0 fully saturated rings. The maximum atomic E-state index is 12.5. The van der Waals surface area contributed by atoms with Crippen LogP contribution in [0.5, 0.6) is 0 Å². The zero-order valence-corrected chi connectivity index (χ0v) is 16.3. The lowest BCUT2D eigenvalue weighted by Crippen LogP contribution is -2.31. The highest BCUT2D eigenvalue weighted by Gasteiger charge is 2.13. The first-order valence-corrected chi connectivity index (χ1v) is 8.78. The van der Waals surface area contributed by atoms with Crippen molar-refractivity contribution in [1.29, 1.82) is 0 Å². The second-order valence-corrected chi connectivity index (χ2v) is 6.73. The van der Waals surface area contributed by atoms with Crippen LogP contribution in [0.4, 0.5) is 11.5 Å². The lowest BCUT2D eigenvalue weighted by Gasteiger charge is -2.18. The van der Waals surface area contributed by atoms with Gasteiger partial charge >= 0.3 is 0 Å². The van der Waals surface area contributed by atoms with Gasteiger partial charge in [-0.15, -0.1) is 0 Å². The molecule has 7 heteroatoms. The summed E-state index contributed by atoms with van der Waals surface area (Å²) in [5, 5.41) is 7.40. The lowest BCUT2D eigenvalue weighted by molar-refractivity contribution is -0.114. The minimum Gasteiger partial charge on any atom is -0.349 e. The molecule has 0 spiro atoms. The zero-order valence-electron chi connectivity index (χ0n) is 16.3. The molecule has 0 unspecified atom stereocenters. The fourth-order valence-corrected chi connectivity index (χ4v) is 2.87. The van der Waals surface area contributed by atoms with Crippen molar-refractivity contribution in [2.75, 3.05) is 23.8 Å². The molecule has 0 aliphatic heterocycles. The number of aryl methyl sites for hydroxylation is 3. The van der Waals surface area contributed by atoms with E-state index in [2.05, 4.69) is 20.4 Å². The van der Waals surface area contributed by atoms with Crippen LogP contribution < -0.4 is 10.2 Å². The summed E-state index contributed by atoms with van der Waals surface area (Å²) in [5.41, 5.74) is 4.94. The molecule has 0 bridgehead atoms. The monoisotopic (exact) mass is 364 g/mol. The first-order chi connectivity index (χ1) is 12.8. The van der Waals surface area contributed by atoms with E-state index in [9.17, 15) is 4.79 Å². The average Bonchev–Trinajstić information content (AvgIpc) is 2.97. The van der Waals surface area contributed by atoms with Crippen molar-refractivity contribution in [3.05, 3.63) is 59.2 Å². The third kappa shape index (κ3) is 4.13. The van der Waals surface area contributed by atoms with Gasteiger partial charge in [0.2, 0.25) is 5.91 Å². The molecule has 0 aliphatic carbocycles. The van der Waals surface area contributed by atoms with Crippen LogP contribution in [0.3, 0.4) is 0 Å². The zero-order chi connectivity index (χ0) is 19.6. The first kappa shape index (κ1) is 18.6. The van der Waals surface area contributed by atoms with E-state index in [1.165, 1.54) is 0 Å². The molecular formula is C20H24N6O.